The van der Waals surface area contributed by atoms with Gasteiger partial charge in [-0.15, -0.1) is 0 Å². The van der Waals surface area contributed by atoms with E-state index in [1.54, 1.807) is 60.5 Å². The maximum Gasteiger partial charge on any atom is 0.311 e. The molecular formula is C28H27NO6. The molecule has 3 aromatic rings. The number of carbonyl (C=O) groups excluding carboxylic acids is 3. The van der Waals surface area contributed by atoms with E-state index in [9.17, 15) is 14.4 Å². The van der Waals surface area contributed by atoms with Crippen molar-refractivity contribution in [3.05, 3.63) is 83.4 Å². The number of nitrogens with zero attached hydrogens (tertiary/aromatic N) is 1. The molecule has 1 unspecified atom stereocenters. The van der Waals surface area contributed by atoms with Crippen molar-refractivity contribution in [2.24, 2.45) is 5.92 Å². The molecule has 0 bridgehead atoms. The van der Waals surface area contributed by atoms with Crippen LogP contribution in [0.15, 0.2) is 66.7 Å². The van der Waals surface area contributed by atoms with Crippen LogP contribution < -0.4 is 14.4 Å². The first-order chi connectivity index (χ1) is 16.8. The lowest BCUT2D eigenvalue weighted by Crippen LogP contribution is -2.27. The molecule has 0 spiro atoms. The van der Waals surface area contributed by atoms with E-state index in [1.165, 1.54) is 5.56 Å². The molecule has 1 atom stereocenters. The summed E-state index contributed by atoms with van der Waals surface area (Å²) in [4.78, 5) is 38.9. The van der Waals surface area contributed by atoms with Crippen LogP contribution in [0, 0.1) is 19.8 Å². The summed E-state index contributed by atoms with van der Waals surface area (Å²) in [6, 6.07) is 19.6. The molecule has 3 aromatic carbocycles. The van der Waals surface area contributed by atoms with Gasteiger partial charge < -0.3 is 19.1 Å². The van der Waals surface area contributed by atoms with Crippen LogP contribution in [0.3, 0.4) is 0 Å². The van der Waals surface area contributed by atoms with Gasteiger partial charge in [-0.25, -0.2) is 0 Å². The van der Waals surface area contributed by atoms with Gasteiger partial charge in [0.25, 0.3) is 0 Å². The van der Waals surface area contributed by atoms with E-state index in [4.69, 9.17) is 14.2 Å². The van der Waals surface area contributed by atoms with Crippen LogP contribution in [-0.2, 0) is 14.3 Å². The fraction of sp³-hybridized carbons (Fsp3) is 0.250. The van der Waals surface area contributed by atoms with Crippen molar-refractivity contribution < 1.29 is 28.6 Å². The number of esters is 1. The molecule has 1 amide bonds. The monoisotopic (exact) mass is 473 g/mol. The molecule has 0 saturated carbocycles. The Morgan fingerprint density at radius 1 is 0.886 bits per heavy atom. The summed E-state index contributed by atoms with van der Waals surface area (Å²) in [5.41, 5.74) is 3.43. The Labute approximate surface area is 204 Å². The molecule has 1 saturated heterocycles. The van der Waals surface area contributed by atoms with Gasteiger partial charge in [0, 0.05) is 24.2 Å². The molecule has 1 fully saturated rings. The molecule has 0 radical (unpaired) electrons. The summed E-state index contributed by atoms with van der Waals surface area (Å²) in [6.45, 7) is 3.90. The second-order valence-electron chi connectivity index (χ2n) is 8.51. The standard InChI is InChI=1S/C28H27NO6/c1-18-4-9-25(14-19(18)2)35-24-12-7-22(8-13-24)29-16-21(15-27(29)31)28(32)34-17-26(30)20-5-10-23(33-3)11-6-20/h4-14,21H,15-17H2,1-3H3. The number of amides is 1. The minimum absolute atomic E-state index is 0.0381. The first-order valence-corrected chi connectivity index (χ1v) is 11.3. The quantitative estimate of drug-likeness (QED) is 0.343. The van der Waals surface area contributed by atoms with Gasteiger partial charge in [0.05, 0.1) is 13.0 Å². The predicted octanol–water partition coefficient (Wildman–Crippen LogP) is 4.88. The molecule has 35 heavy (non-hydrogen) atoms. The van der Waals surface area contributed by atoms with Crippen LogP contribution in [0.2, 0.25) is 0 Å². The fourth-order valence-corrected chi connectivity index (χ4v) is 3.84. The van der Waals surface area contributed by atoms with Crippen LogP contribution in [0.1, 0.15) is 27.9 Å². The average molecular weight is 474 g/mol. The predicted molar refractivity (Wildman–Crippen MR) is 131 cm³/mol. The average Bonchev–Trinajstić information content (AvgIpc) is 3.26. The first kappa shape index (κ1) is 24.0. The Kier molecular flexibility index (Phi) is 7.15. The van der Waals surface area contributed by atoms with Crippen LogP contribution in [0.5, 0.6) is 17.2 Å². The number of hydrogen-bond donors (Lipinski definition) is 0. The normalized spacial score (nSPS) is 15.1. The SMILES string of the molecule is COc1ccc(C(=O)COC(=O)C2CC(=O)N(c3ccc(Oc4ccc(C)c(C)c4)cc3)C2)cc1. The molecule has 7 nitrogen and oxygen atoms in total. The molecule has 1 aliphatic heterocycles. The number of aryl methyl sites for hydroxylation is 2. The zero-order chi connectivity index (χ0) is 24.9. The van der Waals surface area contributed by atoms with Crippen LogP contribution >= 0.6 is 0 Å². The number of benzene rings is 3. The Hall–Kier alpha value is -4.13. The fourth-order valence-electron chi connectivity index (χ4n) is 3.84. The highest BCUT2D eigenvalue weighted by atomic mass is 16.5. The van der Waals surface area contributed by atoms with E-state index in [-0.39, 0.29) is 31.3 Å². The van der Waals surface area contributed by atoms with Crippen molar-refractivity contribution in [1.82, 2.24) is 0 Å². The van der Waals surface area contributed by atoms with E-state index >= 15 is 0 Å². The number of rotatable bonds is 8. The van der Waals surface area contributed by atoms with Crippen molar-refractivity contribution in [2.45, 2.75) is 20.3 Å². The van der Waals surface area contributed by atoms with Gasteiger partial charge in [-0.1, -0.05) is 6.07 Å². The highest BCUT2D eigenvalue weighted by Crippen LogP contribution is 2.29. The van der Waals surface area contributed by atoms with Crippen molar-refractivity contribution in [1.29, 1.82) is 0 Å². The van der Waals surface area contributed by atoms with Crippen molar-refractivity contribution >= 4 is 23.3 Å². The summed E-state index contributed by atoms with van der Waals surface area (Å²) < 4.78 is 16.2. The van der Waals surface area contributed by atoms with Gasteiger partial charge in [0.2, 0.25) is 5.91 Å². The minimum Gasteiger partial charge on any atom is -0.497 e. The molecule has 4 rings (SSSR count). The lowest BCUT2D eigenvalue weighted by atomic mass is 10.1. The Balaban J connectivity index is 1.32. The number of anilines is 1. The van der Waals surface area contributed by atoms with E-state index < -0.39 is 11.9 Å². The second kappa shape index (κ2) is 10.4. The zero-order valence-electron chi connectivity index (χ0n) is 19.9. The maximum absolute atomic E-state index is 12.6. The number of Topliss-reactive ketones (excluding diaryl/α,β-unsaturated/α-hetero) is 1. The summed E-state index contributed by atoms with van der Waals surface area (Å²) in [7, 11) is 1.54. The summed E-state index contributed by atoms with van der Waals surface area (Å²) in [5, 5.41) is 0. The largest absolute Gasteiger partial charge is 0.497 e. The van der Waals surface area contributed by atoms with Gasteiger partial charge in [-0.05, 0) is 85.6 Å². The van der Waals surface area contributed by atoms with Gasteiger partial charge in [0.1, 0.15) is 17.2 Å². The van der Waals surface area contributed by atoms with Crippen LogP contribution in [0.4, 0.5) is 5.69 Å². The lowest BCUT2D eigenvalue weighted by molar-refractivity contribution is -0.147. The third kappa shape index (κ3) is 5.69. The topological polar surface area (TPSA) is 82.1 Å². The molecule has 7 heteroatoms. The second-order valence-corrected chi connectivity index (χ2v) is 8.51. The van der Waals surface area contributed by atoms with E-state index in [1.807, 2.05) is 32.0 Å². The molecular weight excluding hydrogens is 446 g/mol. The number of ketones is 1. The lowest BCUT2D eigenvalue weighted by Gasteiger charge is -2.17. The van der Waals surface area contributed by atoms with Crippen molar-refractivity contribution in [3.63, 3.8) is 0 Å². The maximum atomic E-state index is 12.6. The first-order valence-electron chi connectivity index (χ1n) is 11.3. The molecule has 0 N–H and O–H groups in total. The third-order valence-corrected chi connectivity index (χ3v) is 6.08. The number of hydrogen-bond acceptors (Lipinski definition) is 6. The highest BCUT2D eigenvalue weighted by molar-refractivity contribution is 6.01. The number of carbonyl (C=O) groups is 3. The molecule has 1 heterocycles. The number of methoxy groups -OCH3 is 1. The van der Waals surface area contributed by atoms with Gasteiger partial charge >= 0.3 is 5.97 Å². The minimum atomic E-state index is -0.627. The number of ether oxygens (including phenoxy) is 3. The molecule has 1 aliphatic rings. The van der Waals surface area contributed by atoms with E-state index in [0.717, 1.165) is 11.3 Å². The summed E-state index contributed by atoms with van der Waals surface area (Å²) in [5.74, 6) is 0.350. The van der Waals surface area contributed by atoms with E-state index in [0.29, 0.717) is 22.7 Å². The highest BCUT2D eigenvalue weighted by Gasteiger charge is 2.36. The summed E-state index contributed by atoms with van der Waals surface area (Å²) in [6.07, 6.45) is 0.0381. The molecule has 0 aromatic heterocycles. The third-order valence-electron chi connectivity index (χ3n) is 6.08. The Bertz CT molecular complexity index is 1230. The Morgan fingerprint density at radius 2 is 1.54 bits per heavy atom. The van der Waals surface area contributed by atoms with E-state index in [2.05, 4.69) is 0 Å². The van der Waals surface area contributed by atoms with Crippen molar-refractivity contribution in [2.75, 3.05) is 25.2 Å². The van der Waals surface area contributed by atoms with Gasteiger partial charge in [-0.2, -0.15) is 0 Å². The van der Waals surface area contributed by atoms with Gasteiger partial charge in [0.15, 0.2) is 12.4 Å². The van der Waals surface area contributed by atoms with Crippen LogP contribution in [0.25, 0.3) is 0 Å². The van der Waals surface area contributed by atoms with Crippen molar-refractivity contribution in [3.8, 4) is 17.2 Å². The van der Waals surface area contributed by atoms with Gasteiger partial charge in [-0.3, -0.25) is 14.4 Å². The molecule has 180 valence electrons. The summed E-state index contributed by atoms with van der Waals surface area (Å²) >= 11 is 0. The van der Waals surface area contributed by atoms with Crippen LogP contribution in [-0.4, -0.2) is 37.9 Å². The Morgan fingerprint density at radius 3 is 2.20 bits per heavy atom. The smallest absolute Gasteiger partial charge is 0.311 e. The zero-order valence-corrected chi connectivity index (χ0v) is 19.9. The molecule has 0 aliphatic carbocycles.